The molecule has 2 aliphatic heterocycles. The highest BCUT2D eigenvalue weighted by molar-refractivity contribution is 7.92. The van der Waals surface area contributed by atoms with Crippen LogP contribution >= 0.6 is 0 Å². The van der Waals surface area contributed by atoms with Crippen molar-refractivity contribution in [3.05, 3.63) is 0 Å². The van der Waals surface area contributed by atoms with Crippen molar-refractivity contribution in [1.29, 1.82) is 0 Å². The molecule has 6 heteroatoms. The van der Waals surface area contributed by atoms with Crippen LogP contribution in [0.3, 0.4) is 0 Å². The molecular formula is C17H30N2O3S. The topological polar surface area (TPSA) is 57.7 Å². The van der Waals surface area contributed by atoms with Crippen LogP contribution in [0, 0.1) is 0 Å². The highest BCUT2D eigenvalue weighted by atomic mass is 32.2. The highest BCUT2D eigenvalue weighted by Gasteiger charge is 2.54. The molecule has 3 rings (SSSR count). The van der Waals surface area contributed by atoms with Crippen LogP contribution in [-0.2, 0) is 14.6 Å². The van der Waals surface area contributed by atoms with Crippen LogP contribution in [0.1, 0.15) is 58.3 Å². The lowest BCUT2D eigenvalue weighted by Gasteiger charge is -2.38. The van der Waals surface area contributed by atoms with Crippen molar-refractivity contribution in [2.24, 2.45) is 0 Å². The van der Waals surface area contributed by atoms with Crippen molar-refractivity contribution in [1.82, 2.24) is 9.80 Å². The summed E-state index contributed by atoms with van der Waals surface area (Å²) in [5.41, 5.74) is 0. The fourth-order valence-electron chi connectivity index (χ4n) is 5.08. The summed E-state index contributed by atoms with van der Waals surface area (Å²) >= 11 is 0. The molecule has 0 unspecified atom stereocenters. The van der Waals surface area contributed by atoms with E-state index in [9.17, 15) is 13.2 Å². The van der Waals surface area contributed by atoms with Gasteiger partial charge < -0.3 is 4.90 Å². The first-order valence-electron chi connectivity index (χ1n) is 9.15. The summed E-state index contributed by atoms with van der Waals surface area (Å²) in [5.74, 6) is -0.0945. The second-order valence-electron chi connectivity index (χ2n) is 7.52. The van der Waals surface area contributed by atoms with Crippen molar-refractivity contribution in [3.8, 4) is 0 Å². The Kier molecular flexibility index (Phi) is 4.76. The predicted octanol–water partition coefficient (Wildman–Crippen LogP) is 1.82. The van der Waals surface area contributed by atoms with Gasteiger partial charge in [-0.1, -0.05) is 19.8 Å². The molecule has 0 aromatic carbocycles. The van der Waals surface area contributed by atoms with Crippen molar-refractivity contribution in [3.63, 3.8) is 0 Å². The number of sulfone groups is 1. The molecule has 2 atom stereocenters. The van der Waals surface area contributed by atoms with Crippen LogP contribution in [0.15, 0.2) is 0 Å². The Balaban J connectivity index is 1.86. The SMILES string of the molecule is CCN1CCC[C@H]1[C@@H]1CCCN1C(=O)C1(S(C)(=O)=O)CCCC1. The first-order chi connectivity index (χ1) is 10.9. The van der Waals surface area contributed by atoms with E-state index < -0.39 is 14.6 Å². The summed E-state index contributed by atoms with van der Waals surface area (Å²) in [7, 11) is -3.37. The molecule has 5 nitrogen and oxygen atoms in total. The van der Waals surface area contributed by atoms with Crippen LogP contribution < -0.4 is 0 Å². The largest absolute Gasteiger partial charge is 0.337 e. The lowest BCUT2D eigenvalue weighted by molar-refractivity contribution is -0.135. The summed E-state index contributed by atoms with van der Waals surface area (Å²) in [6.45, 7) is 5.03. The number of carbonyl (C=O) groups is 1. The number of hydrogen-bond donors (Lipinski definition) is 0. The van der Waals surface area contributed by atoms with Gasteiger partial charge in [-0.3, -0.25) is 9.69 Å². The molecule has 3 aliphatic rings. The van der Waals surface area contributed by atoms with Gasteiger partial charge in [-0.25, -0.2) is 8.42 Å². The second kappa shape index (κ2) is 6.36. The molecule has 0 bridgehead atoms. The van der Waals surface area contributed by atoms with E-state index in [0.717, 1.165) is 51.7 Å². The van der Waals surface area contributed by atoms with E-state index in [2.05, 4.69) is 11.8 Å². The molecule has 0 spiro atoms. The standard InChI is InChI=1S/C17H30N2O3S/c1-3-18-12-6-8-14(18)15-9-7-13-19(15)16(20)17(23(2,21)22)10-4-5-11-17/h14-15H,3-13H2,1-2H3/t14-,15-/m0/s1. The summed E-state index contributed by atoms with van der Waals surface area (Å²) < 4.78 is 23.8. The van der Waals surface area contributed by atoms with E-state index in [1.54, 1.807) is 0 Å². The first kappa shape index (κ1) is 17.2. The quantitative estimate of drug-likeness (QED) is 0.782. The van der Waals surface area contributed by atoms with Crippen LogP contribution in [0.5, 0.6) is 0 Å². The van der Waals surface area contributed by atoms with Crippen molar-refractivity contribution in [2.45, 2.75) is 75.1 Å². The van der Waals surface area contributed by atoms with Crippen LogP contribution in [-0.4, -0.2) is 66.8 Å². The minimum atomic E-state index is -3.37. The van der Waals surface area contributed by atoms with E-state index in [1.807, 2.05) is 4.90 Å². The molecular weight excluding hydrogens is 312 g/mol. The number of likely N-dealkylation sites (tertiary alicyclic amines) is 2. The predicted molar refractivity (Wildman–Crippen MR) is 91.0 cm³/mol. The number of rotatable bonds is 4. The molecule has 0 aromatic heterocycles. The van der Waals surface area contributed by atoms with Gasteiger partial charge in [-0.05, 0) is 51.6 Å². The Labute approximate surface area is 140 Å². The van der Waals surface area contributed by atoms with E-state index >= 15 is 0 Å². The minimum absolute atomic E-state index is 0.0945. The zero-order valence-corrected chi connectivity index (χ0v) is 15.3. The normalized spacial score (nSPS) is 31.8. The Morgan fingerprint density at radius 3 is 2.26 bits per heavy atom. The minimum Gasteiger partial charge on any atom is -0.337 e. The third-order valence-corrected chi connectivity index (χ3v) is 8.34. The fourth-order valence-corrected chi connectivity index (χ4v) is 6.54. The van der Waals surface area contributed by atoms with Gasteiger partial charge in [0.1, 0.15) is 0 Å². The molecule has 0 radical (unpaired) electrons. The number of carbonyl (C=O) groups excluding carboxylic acids is 1. The number of hydrogen-bond acceptors (Lipinski definition) is 4. The summed E-state index contributed by atoms with van der Waals surface area (Å²) in [4.78, 5) is 17.7. The maximum atomic E-state index is 13.3. The third-order valence-electron chi connectivity index (χ3n) is 6.34. The van der Waals surface area contributed by atoms with Crippen LogP contribution in [0.2, 0.25) is 0 Å². The molecule has 0 aromatic rings. The molecule has 1 saturated carbocycles. The van der Waals surface area contributed by atoms with Gasteiger partial charge >= 0.3 is 0 Å². The van der Waals surface area contributed by atoms with Crippen molar-refractivity contribution >= 4 is 15.7 Å². The molecule has 23 heavy (non-hydrogen) atoms. The molecule has 1 aliphatic carbocycles. The number of likely N-dealkylation sites (N-methyl/N-ethyl adjacent to an activating group) is 1. The van der Waals surface area contributed by atoms with E-state index in [4.69, 9.17) is 0 Å². The molecule has 2 saturated heterocycles. The molecule has 1 amide bonds. The van der Waals surface area contributed by atoms with Crippen LogP contribution in [0.25, 0.3) is 0 Å². The van der Waals surface area contributed by atoms with Gasteiger partial charge in [0, 0.05) is 24.9 Å². The fraction of sp³-hybridized carbons (Fsp3) is 0.941. The van der Waals surface area contributed by atoms with Crippen molar-refractivity contribution < 1.29 is 13.2 Å². The first-order valence-corrected chi connectivity index (χ1v) is 11.0. The highest BCUT2D eigenvalue weighted by Crippen LogP contribution is 2.41. The molecule has 132 valence electrons. The summed E-state index contributed by atoms with van der Waals surface area (Å²) in [6.07, 6.45) is 8.32. The molecule has 0 N–H and O–H groups in total. The average Bonchev–Trinajstić information content (AvgIpc) is 3.23. The molecule has 2 heterocycles. The van der Waals surface area contributed by atoms with Gasteiger partial charge in [-0.2, -0.15) is 0 Å². The van der Waals surface area contributed by atoms with Gasteiger partial charge in [0.25, 0.3) is 0 Å². The number of amides is 1. The Bertz CT molecular complexity index is 554. The maximum absolute atomic E-state index is 13.3. The van der Waals surface area contributed by atoms with Gasteiger partial charge in [0.2, 0.25) is 5.91 Å². The zero-order chi connectivity index (χ0) is 16.7. The number of nitrogens with zero attached hydrogens (tertiary/aromatic N) is 2. The van der Waals surface area contributed by atoms with Crippen molar-refractivity contribution in [2.75, 3.05) is 25.9 Å². The van der Waals surface area contributed by atoms with Crippen LogP contribution in [0.4, 0.5) is 0 Å². The maximum Gasteiger partial charge on any atom is 0.244 e. The van der Waals surface area contributed by atoms with E-state index in [-0.39, 0.29) is 11.9 Å². The Hall–Kier alpha value is -0.620. The van der Waals surface area contributed by atoms with Gasteiger partial charge in [0.05, 0.1) is 0 Å². The average molecular weight is 343 g/mol. The van der Waals surface area contributed by atoms with E-state index in [0.29, 0.717) is 18.9 Å². The Morgan fingerprint density at radius 2 is 1.65 bits per heavy atom. The van der Waals surface area contributed by atoms with Gasteiger partial charge in [0.15, 0.2) is 14.6 Å². The second-order valence-corrected chi connectivity index (χ2v) is 9.85. The van der Waals surface area contributed by atoms with Gasteiger partial charge in [-0.15, -0.1) is 0 Å². The lowest BCUT2D eigenvalue weighted by atomic mass is 10.00. The summed E-state index contributed by atoms with van der Waals surface area (Å²) in [6, 6.07) is 0.633. The zero-order valence-electron chi connectivity index (χ0n) is 14.5. The van der Waals surface area contributed by atoms with E-state index in [1.165, 1.54) is 12.7 Å². The Morgan fingerprint density at radius 1 is 1.04 bits per heavy atom. The smallest absolute Gasteiger partial charge is 0.244 e. The third kappa shape index (κ3) is 2.82. The monoisotopic (exact) mass is 342 g/mol. The lowest BCUT2D eigenvalue weighted by Crippen LogP contribution is -2.56. The summed E-state index contributed by atoms with van der Waals surface area (Å²) in [5, 5.41) is 0. The molecule has 3 fully saturated rings.